The lowest BCUT2D eigenvalue weighted by molar-refractivity contribution is 0.170. The van der Waals surface area contributed by atoms with Crippen molar-refractivity contribution in [2.45, 2.75) is 32.8 Å². The summed E-state index contributed by atoms with van der Waals surface area (Å²) in [5.41, 5.74) is 1.30. The molecule has 0 amide bonds. The second-order valence-electron chi connectivity index (χ2n) is 7.25. The molecule has 1 aliphatic heterocycles. The highest BCUT2D eigenvalue weighted by atomic mass is 19.1. The number of hydrogen-bond donors (Lipinski definition) is 0. The summed E-state index contributed by atoms with van der Waals surface area (Å²) in [5, 5.41) is 0. The van der Waals surface area contributed by atoms with E-state index in [0.29, 0.717) is 23.0 Å². The number of hydrogen-bond acceptors (Lipinski definition) is 5. The Labute approximate surface area is 168 Å². The Morgan fingerprint density at radius 2 is 1.90 bits per heavy atom. The van der Waals surface area contributed by atoms with Crippen LogP contribution in [0.3, 0.4) is 0 Å². The number of halogens is 1. The van der Waals surface area contributed by atoms with Crippen molar-refractivity contribution in [1.29, 1.82) is 0 Å². The maximum atomic E-state index is 13.3. The Hall–Kier alpha value is -3.22. The van der Waals surface area contributed by atoms with Crippen LogP contribution >= 0.6 is 0 Å². The number of aromatic nitrogens is 3. The van der Waals surface area contributed by atoms with Gasteiger partial charge in [0, 0.05) is 43.8 Å². The minimum atomic E-state index is -0.289. The average molecular weight is 394 g/mol. The van der Waals surface area contributed by atoms with Gasteiger partial charge in [0.05, 0.1) is 11.9 Å². The lowest BCUT2D eigenvalue weighted by Crippen LogP contribution is -2.38. The molecular weight excluding hydrogens is 371 g/mol. The predicted octanol–water partition coefficient (Wildman–Crippen LogP) is 3.43. The summed E-state index contributed by atoms with van der Waals surface area (Å²) in [6.45, 7) is 5.22. The molecule has 4 rings (SSSR count). The molecule has 0 unspecified atom stereocenters. The topological polar surface area (TPSA) is 60.2 Å². The van der Waals surface area contributed by atoms with Gasteiger partial charge in [-0.2, -0.15) is 0 Å². The van der Waals surface area contributed by atoms with Gasteiger partial charge in [0.15, 0.2) is 0 Å². The van der Waals surface area contributed by atoms with Gasteiger partial charge in [0.1, 0.15) is 29.3 Å². The third-order valence-electron chi connectivity index (χ3n) is 5.07. The standard InChI is InChI=1S/C22H23FN4O2/c1-15-12-22(28)27(16(2)25-15)18-6-7-21(24-14-18)26-10-8-19(9-11-26)29-20-5-3-4-17(23)13-20/h3-7,12-14,19H,8-11H2,1-2H3. The Bertz CT molecular complexity index is 1060. The van der Waals surface area contributed by atoms with Crippen molar-refractivity contribution in [1.82, 2.24) is 14.5 Å². The highest BCUT2D eigenvalue weighted by Crippen LogP contribution is 2.23. The SMILES string of the molecule is Cc1cc(=O)n(-c2ccc(N3CCC(Oc4cccc(F)c4)CC3)nc2)c(C)n1. The Morgan fingerprint density at radius 3 is 2.55 bits per heavy atom. The van der Waals surface area contributed by atoms with Crippen LogP contribution in [-0.4, -0.2) is 33.7 Å². The molecule has 0 radical (unpaired) electrons. The first-order valence-electron chi connectivity index (χ1n) is 9.70. The van der Waals surface area contributed by atoms with E-state index in [1.54, 1.807) is 22.9 Å². The minimum absolute atomic E-state index is 0.0622. The van der Waals surface area contributed by atoms with E-state index in [1.807, 2.05) is 26.0 Å². The molecular formula is C22H23FN4O2. The van der Waals surface area contributed by atoms with Gasteiger partial charge in [-0.25, -0.2) is 14.4 Å². The number of benzene rings is 1. The van der Waals surface area contributed by atoms with Gasteiger partial charge < -0.3 is 9.64 Å². The van der Waals surface area contributed by atoms with Crippen molar-refractivity contribution >= 4 is 5.82 Å². The molecule has 7 heteroatoms. The summed E-state index contributed by atoms with van der Waals surface area (Å²) in [5.74, 6) is 1.78. The first kappa shape index (κ1) is 19.1. The van der Waals surface area contributed by atoms with Gasteiger partial charge in [0.2, 0.25) is 0 Å². The van der Waals surface area contributed by atoms with Crippen LogP contribution in [0.2, 0.25) is 0 Å². The highest BCUT2D eigenvalue weighted by molar-refractivity contribution is 5.44. The van der Waals surface area contributed by atoms with Crippen LogP contribution in [0, 0.1) is 19.7 Å². The van der Waals surface area contributed by atoms with E-state index in [4.69, 9.17) is 4.74 Å². The van der Waals surface area contributed by atoms with Crippen molar-refractivity contribution in [3.05, 3.63) is 76.4 Å². The van der Waals surface area contributed by atoms with Crippen molar-refractivity contribution in [3.63, 3.8) is 0 Å². The van der Waals surface area contributed by atoms with Crippen molar-refractivity contribution in [3.8, 4) is 11.4 Å². The smallest absolute Gasteiger partial charge is 0.258 e. The average Bonchev–Trinajstić information content (AvgIpc) is 2.68. The van der Waals surface area contributed by atoms with E-state index in [1.165, 1.54) is 18.2 Å². The zero-order valence-electron chi connectivity index (χ0n) is 16.5. The number of ether oxygens (including phenoxy) is 1. The van der Waals surface area contributed by atoms with Crippen LogP contribution < -0.4 is 15.2 Å². The lowest BCUT2D eigenvalue weighted by Gasteiger charge is -2.33. The maximum Gasteiger partial charge on any atom is 0.258 e. The minimum Gasteiger partial charge on any atom is -0.490 e. The molecule has 2 aromatic heterocycles. The highest BCUT2D eigenvalue weighted by Gasteiger charge is 2.21. The maximum absolute atomic E-state index is 13.3. The first-order chi connectivity index (χ1) is 14.0. The monoisotopic (exact) mass is 394 g/mol. The molecule has 0 bridgehead atoms. The normalized spacial score (nSPS) is 14.8. The molecule has 3 aromatic rings. The fourth-order valence-corrected chi connectivity index (χ4v) is 3.69. The van der Waals surface area contributed by atoms with Crippen LogP contribution in [0.5, 0.6) is 5.75 Å². The van der Waals surface area contributed by atoms with E-state index in [9.17, 15) is 9.18 Å². The van der Waals surface area contributed by atoms with Crippen molar-refractivity contribution < 1.29 is 9.13 Å². The zero-order chi connectivity index (χ0) is 20.4. The third-order valence-corrected chi connectivity index (χ3v) is 5.07. The fraction of sp³-hybridized carbons (Fsp3) is 0.318. The molecule has 150 valence electrons. The summed E-state index contributed by atoms with van der Waals surface area (Å²) in [7, 11) is 0. The van der Waals surface area contributed by atoms with Gasteiger partial charge in [-0.15, -0.1) is 0 Å². The molecule has 29 heavy (non-hydrogen) atoms. The second-order valence-corrected chi connectivity index (χ2v) is 7.25. The van der Waals surface area contributed by atoms with E-state index in [2.05, 4.69) is 14.9 Å². The van der Waals surface area contributed by atoms with Crippen LogP contribution in [0.15, 0.2) is 53.5 Å². The summed E-state index contributed by atoms with van der Waals surface area (Å²) in [6.07, 6.45) is 3.43. The molecule has 1 fully saturated rings. The van der Waals surface area contributed by atoms with E-state index >= 15 is 0 Å². The zero-order valence-corrected chi connectivity index (χ0v) is 16.5. The summed E-state index contributed by atoms with van der Waals surface area (Å²) in [6, 6.07) is 11.6. The molecule has 0 atom stereocenters. The number of anilines is 1. The van der Waals surface area contributed by atoms with E-state index in [-0.39, 0.29) is 17.5 Å². The Kier molecular flexibility index (Phi) is 5.29. The van der Waals surface area contributed by atoms with Gasteiger partial charge in [-0.1, -0.05) is 6.07 Å². The Balaban J connectivity index is 1.41. The largest absolute Gasteiger partial charge is 0.490 e. The molecule has 1 saturated heterocycles. The van der Waals surface area contributed by atoms with Crippen LogP contribution in [-0.2, 0) is 0 Å². The third kappa shape index (κ3) is 4.29. The molecule has 0 N–H and O–H groups in total. The van der Waals surface area contributed by atoms with Gasteiger partial charge >= 0.3 is 0 Å². The van der Waals surface area contributed by atoms with Crippen LogP contribution in [0.25, 0.3) is 5.69 Å². The quantitative estimate of drug-likeness (QED) is 0.679. The van der Waals surface area contributed by atoms with Crippen LogP contribution in [0.1, 0.15) is 24.4 Å². The lowest BCUT2D eigenvalue weighted by atomic mass is 10.1. The molecule has 1 aliphatic rings. The number of nitrogens with zero attached hydrogens (tertiary/aromatic N) is 4. The van der Waals surface area contributed by atoms with Gasteiger partial charge in [0.25, 0.3) is 5.56 Å². The molecule has 0 aliphatic carbocycles. The number of pyridine rings is 1. The predicted molar refractivity (Wildman–Crippen MR) is 109 cm³/mol. The fourth-order valence-electron chi connectivity index (χ4n) is 3.69. The van der Waals surface area contributed by atoms with Gasteiger partial charge in [-0.3, -0.25) is 9.36 Å². The van der Waals surface area contributed by atoms with E-state index in [0.717, 1.165) is 31.7 Å². The summed E-state index contributed by atoms with van der Waals surface area (Å²) in [4.78, 5) is 23.4. The number of aryl methyl sites for hydroxylation is 2. The van der Waals surface area contributed by atoms with E-state index < -0.39 is 0 Å². The summed E-state index contributed by atoms with van der Waals surface area (Å²) < 4.78 is 20.8. The van der Waals surface area contributed by atoms with Crippen molar-refractivity contribution in [2.75, 3.05) is 18.0 Å². The van der Waals surface area contributed by atoms with Crippen LogP contribution in [0.4, 0.5) is 10.2 Å². The number of piperidine rings is 1. The molecule has 1 aromatic carbocycles. The molecule has 0 spiro atoms. The Morgan fingerprint density at radius 1 is 1.10 bits per heavy atom. The second kappa shape index (κ2) is 8.03. The molecule has 0 saturated carbocycles. The molecule has 3 heterocycles. The van der Waals surface area contributed by atoms with Gasteiger partial charge in [-0.05, 0) is 38.1 Å². The number of rotatable bonds is 4. The summed E-state index contributed by atoms with van der Waals surface area (Å²) >= 11 is 0. The van der Waals surface area contributed by atoms with Crippen molar-refractivity contribution in [2.24, 2.45) is 0 Å². The molecule has 6 nitrogen and oxygen atoms in total. The first-order valence-corrected chi connectivity index (χ1v) is 9.70.